The number of hydrogen-bond acceptors (Lipinski definition) is 4. The lowest BCUT2D eigenvalue weighted by molar-refractivity contribution is -0.144. The number of nitrogens with one attached hydrogen (secondary N) is 1. The quantitative estimate of drug-likeness (QED) is 0.856. The third kappa shape index (κ3) is 4.14. The highest BCUT2D eigenvalue weighted by Gasteiger charge is 2.41. The van der Waals surface area contributed by atoms with E-state index in [0.29, 0.717) is 29.9 Å². The van der Waals surface area contributed by atoms with E-state index in [1.807, 2.05) is 30.3 Å². The van der Waals surface area contributed by atoms with Gasteiger partial charge in [-0.05, 0) is 60.7 Å². The number of thioether (sulfide) groups is 1. The van der Waals surface area contributed by atoms with E-state index in [9.17, 15) is 14.7 Å². The maximum absolute atomic E-state index is 12.5. The maximum atomic E-state index is 12.5. The van der Waals surface area contributed by atoms with Crippen LogP contribution in [0.2, 0.25) is 0 Å². The minimum absolute atomic E-state index is 0.374. The Hall–Kier alpha value is -2.47. The monoisotopic (exact) mass is 357 g/mol. The van der Waals surface area contributed by atoms with Gasteiger partial charge in [0.2, 0.25) is 0 Å². The fourth-order valence-electron chi connectivity index (χ4n) is 2.70. The Balaban J connectivity index is 1.69. The number of benzene rings is 2. The van der Waals surface area contributed by atoms with Gasteiger partial charge in [0.25, 0.3) is 5.91 Å². The van der Waals surface area contributed by atoms with E-state index >= 15 is 0 Å². The second kappa shape index (κ2) is 7.61. The van der Waals surface area contributed by atoms with Crippen molar-refractivity contribution in [1.82, 2.24) is 5.32 Å². The van der Waals surface area contributed by atoms with Crippen molar-refractivity contribution in [1.29, 1.82) is 0 Å². The van der Waals surface area contributed by atoms with Gasteiger partial charge in [-0.2, -0.15) is 11.8 Å². The Morgan fingerprint density at radius 1 is 0.960 bits per heavy atom. The molecule has 0 aromatic heterocycles. The highest BCUT2D eigenvalue weighted by molar-refractivity contribution is 7.99. The van der Waals surface area contributed by atoms with Crippen molar-refractivity contribution >= 4 is 23.6 Å². The summed E-state index contributed by atoms with van der Waals surface area (Å²) in [6.45, 7) is 0. The molecular formula is C19H19NO4S. The molecule has 1 aliphatic heterocycles. The summed E-state index contributed by atoms with van der Waals surface area (Å²) in [5.74, 6) is 1.45. The van der Waals surface area contributed by atoms with Crippen LogP contribution in [-0.2, 0) is 4.79 Å². The van der Waals surface area contributed by atoms with Crippen LogP contribution in [0, 0.1) is 0 Å². The minimum atomic E-state index is -1.17. The van der Waals surface area contributed by atoms with Crippen LogP contribution < -0.4 is 10.1 Å². The number of carbonyl (C=O) groups is 2. The number of rotatable bonds is 5. The normalized spacial score (nSPS) is 16.0. The first kappa shape index (κ1) is 17.4. The summed E-state index contributed by atoms with van der Waals surface area (Å²) in [7, 11) is 0. The van der Waals surface area contributed by atoms with E-state index in [4.69, 9.17) is 4.74 Å². The van der Waals surface area contributed by atoms with Crippen LogP contribution in [0.15, 0.2) is 54.6 Å². The lowest BCUT2D eigenvalue weighted by Gasteiger charge is -2.33. The molecule has 1 aliphatic rings. The summed E-state index contributed by atoms with van der Waals surface area (Å²) < 4.78 is 5.69. The van der Waals surface area contributed by atoms with Gasteiger partial charge < -0.3 is 15.2 Å². The average Bonchev–Trinajstić information content (AvgIpc) is 2.64. The van der Waals surface area contributed by atoms with E-state index in [-0.39, 0.29) is 5.91 Å². The van der Waals surface area contributed by atoms with Gasteiger partial charge in [0.15, 0.2) is 0 Å². The Kier molecular flexibility index (Phi) is 5.28. The number of aliphatic carboxylic acids is 1. The number of ether oxygens (including phenoxy) is 1. The molecule has 6 heteroatoms. The van der Waals surface area contributed by atoms with Crippen molar-refractivity contribution in [2.24, 2.45) is 0 Å². The van der Waals surface area contributed by atoms with Crippen molar-refractivity contribution in [3.8, 4) is 11.5 Å². The van der Waals surface area contributed by atoms with Crippen LogP contribution in [0.4, 0.5) is 0 Å². The Labute approximate surface area is 150 Å². The summed E-state index contributed by atoms with van der Waals surface area (Å²) in [5, 5.41) is 12.3. The third-order valence-corrected chi connectivity index (χ3v) is 5.19. The average molecular weight is 357 g/mol. The van der Waals surface area contributed by atoms with Gasteiger partial charge in [0.1, 0.15) is 17.0 Å². The smallest absolute Gasteiger partial charge is 0.329 e. The summed E-state index contributed by atoms with van der Waals surface area (Å²) in [6.07, 6.45) is 0.877. The Morgan fingerprint density at radius 2 is 1.56 bits per heavy atom. The Bertz CT molecular complexity index is 740. The van der Waals surface area contributed by atoms with Crippen LogP contribution in [0.25, 0.3) is 0 Å². The van der Waals surface area contributed by atoms with E-state index in [1.54, 1.807) is 36.0 Å². The largest absolute Gasteiger partial charge is 0.480 e. The first-order valence-electron chi connectivity index (χ1n) is 8.06. The number of carbonyl (C=O) groups excluding carboxylic acids is 1. The number of para-hydroxylation sites is 1. The third-order valence-electron chi connectivity index (χ3n) is 4.20. The lowest BCUT2D eigenvalue weighted by atomic mass is 9.92. The standard InChI is InChI=1S/C19H19NO4S/c21-17(20-19(18(22)23)10-12-25-13-11-19)14-6-8-16(9-7-14)24-15-4-2-1-3-5-15/h1-9H,10-13H2,(H,20,21)(H,22,23). The van der Waals surface area contributed by atoms with Crippen molar-refractivity contribution in [2.45, 2.75) is 18.4 Å². The minimum Gasteiger partial charge on any atom is -0.480 e. The van der Waals surface area contributed by atoms with Crippen molar-refractivity contribution in [3.05, 3.63) is 60.2 Å². The van der Waals surface area contributed by atoms with Gasteiger partial charge in [0.05, 0.1) is 0 Å². The zero-order valence-electron chi connectivity index (χ0n) is 13.6. The number of carboxylic acids is 1. The number of carboxylic acid groups (broad SMARTS) is 1. The molecule has 5 nitrogen and oxygen atoms in total. The van der Waals surface area contributed by atoms with Crippen molar-refractivity contribution in [2.75, 3.05) is 11.5 Å². The molecule has 25 heavy (non-hydrogen) atoms. The topological polar surface area (TPSA) is 75.6 Å². The van der Waals surface area contributed by atoms with Crippen LogP contribution in [0.1, 0.15) is 23.2 Å². The summed E-state index contributed by atoms with van der Waals surface area (Å²) in [4.78, 5) is 24.1. The summed E-state index contributed by atoms with van der Waals surface area (Å²) >= 11 is 1.71. The second-order valence-electron chi connectivity index (χ2n) is 5.89. The highest BCUT2D eigenvalue weighted by Crippen LogP contribution is 2.28. The fraction of sp³-hybridized carbons (Fsp3) is 0.263. The summed E-state index contributed by atoms with van der Waals surface area (Å²) in [5.41, 5.74) is -0.749. The van der Waals surface area contributed by atoms with E-state index in [0.717, 1.165) is 11.5 Å². The van der Waals surface area contributed by atoms with Crippen molar-refractivity contribution in [3.63, 3.8) is 0 Å². The van der Waals surface area contributed by atoms with Gasteiger partial charge >= 0.3 is 5.97 Å². The molecule has 2 N–H and O–H groups in total. The Morgan fingerprint density at radius 3 is 2.16 bits per heavy atom. The molecule has 0 unspecified atom stereocenters. The van der Waals surface area contributed by atoms with E-state index < -0.39 is 11.5 Å². The number of amides is 1. The lowest BCUT2D eigenvalue weighted by Crippen LogP contribution is -2.56. The van der Waals surface area contributed by atoms with Gasteiger partial charge in [-0.1, -0.05) is 18.2 Å². The van der Waals surface area contributed by atoms with Crippen LogP contribution in [-0.4, -0.2) is 34.0 Å². The fourth-order valence-corrected chi connectivity index (χ4v) is 3.89. The van der Waals surface area contributed by atoms with Crippen LogP contribution in [0.3, 0.4) is 0 Å². The molecule has 0 spiro atoms. The molecule has 3 rings (SSSR count). The zero-order chi connectivity index (χ0) is 17.7. The van der Waals surface area contributed by atoms with Gasteiger partial charge in [0, 0.05) is 5.56 Å². The molecule has 2 aromatic carbocycles. The van der Waals surface area contributed by atoms with Crippen LogP contribution >= 0.6 is 11.8 Å². The molecule has 0 radical (unpaired) electrons. The molecule has 1 saturated heterocycles. The van der Waals surface area contributed by atoms with E-state index in [2.05, 4.69) is 5.32 Å². The molecule has 0 aliphatic carbocycles. The second-order valence-corrected chi connectivity index (χ2v) is 7.12. The molecule has 2 aromatic rings. The highest BCUT2D eigenvalue weighted by atomic mass is 32.2. The number of hydrogen-bond donors (Lipinski definition) is 2. The SMILES string of the molecule is O=C(NC1(C(=O)O)CCSCC1)c1ccc(Oc2ccccc2)cc1. The maximum Gasteiger partial charge on any atom is 0.329 e. The van der Waals surface area contributed by atoms with Gasteiger partial charge in [-0.3, -0.25) is 4.79 Å². The predicted octanol–water partition coefficient (Wildman–Crippen LogP) is 3.56. The molecular weight excluding hydrogens is 338 g/mol. The molecule has 0 bridgehead atoms. The zero-order valence-corrected chi connectivity index (χ0v) is 14.4. The first-order chi connectivity index (χ1) is 12.1. The molecule has 0 saturated carbocycles. The van der Waals surface area contributed by atoms with Crippen LogP contribution in [0.5, 0.6) is 11.5 Å². The van der Waals surface area contributed by atoms with Gasteiger partial charge in [-0.25, -0.2) is 4.79 Å². The molecule has 0 atom stereocenters. The molecule has 1 heterocycles. The van der Waals surface area contributed by atoms with Gasteiger partial charge in [-0.15, -0.1) is 0 Å². The van der Waals surface area contributed by atoms with Crippen molar-refractivity contribution < 1.29 is 19.4 Å². The predicted molar refractivity (Wildman–Crippen MR) is 97.4 cm³/mol. The molecule has 1 amide bonds. The molecule has 130 valence electrons. The molecule has 1 fully saturated rings. The first-order valence-corrected chi connectivity index (χ1v) is 9.21. The summed E-state index contributed by atoms with van der Waals surface area (Å²) in [6, 6.07) is 16.0. The van der Waals surface area contributed by atoms with E-state index in [1.165, 1.54) is 0 Å².